The highest BCUT2D eigenvalue weighted by atomic mass is 16.1. The average molecular weight is 220 g/mol. The van der Waals surface area contributed by atoms with Gasteiger partial charge in [-0.1, -0.05) is 24.8 Å². The Hall–Kier alpha value is -1.64. The predicted octanol–water partition coefficient (Wildman–Crippen LogP) is 2.62. The maximum atomic E-state index is 11.3. The zero-order valence-corrected chi connectivity index (χ0v) is 10.1. The Balaban J connectivity index is 3.87. The van der Waals surface area contributed by atoms with Crippen molar-refractivity contribution >= 4 is 12.1 Å². The van der Waals surface area contributed by atoms with Crippen LogP contribution < -0.4 is 5.32 Å². The molecule has 0 saturated heterocycles. The van der Waals surface area contributed by atoms with Gasteiger partial charge in [0.25, 0.3) is 0 Å². The number of nitrogens with one attached hydrogen (secondary N) is 1. The van der Waals surface area contributed by atoms with Gasteiger partial charge in [0.1, 0.15) is 0 Å². The Morgan fingerprint density at radius 3 is 2.69 bits per heavy atom. The van der Waals surface area contributed by atoms with Crippen LogP contribution in [0.5, 0.6) is 0 Å². The largest absolute Gasteiger partial charge is 0.355 e. The molecule has 0 unspecified atom stereocenters. The minimum atomic E-state index is 0.0172. The minimum Gasteiger partial charge on any atom is -0.355 e. The zero-order chi connectivity index (χ0) is 12.4. The molecule has 0 rings (SSSR count). The van der Waals surface area contributed by atoms with Crippen molar-refractivity contribution in [2.45, 2.75) is 26.7 Å². The smallest absolute Gasteiger partial charge is 0.224 e. The third-order valence-corrected chi connectivity index (χ3v) is 1.91. The lowest BCUT2D eigenvalue weighted by molar-refractivity contribution is -0.120. The van der Waals surface area contributed by atoms with Crippen molar-refractivity contribution in [3.8, 4) is 0 Å². The fourth-order valence-electron chi connectivity index (χ4n) is 1.11. The van der Waals surface area contributed by atoms with Gasteiger partial charge in [0.2, 0.25) is 5.91 Å². The predicted molar refractivity (Wildman–Crippen MR) is 69.5 cm³/mol. The Kier molecular flexibility index (Phi) is 7.76. The summed E-state index contributed by atoms with van der Waals surface area (Å²) < 4.78 is 0. The second kappa shape index (κ2) is 8.65. The van der Waals surface area contributed by atoms with Gasteiger partial charge in [-0.25, -0.2) is 0 Å². The number of hydrogen-bond acceptors (Lipinski definition) is 2. The lowest BCUT2D eigenvalue weighted by atomic mass is 10.2. The first-order chi connectivity index (χ1) is 7.60. The van der Waals surface area contributed by atoms with Crippen LogP contribution in [0.15, 0.2) is 41.6 Å². The molecular formula is C13H20N2O. The molecule has 0 aliphatic rings. The number of hydrogen-bond donors (Lipinski definition) is 1. The van der Waals surface area contributed by atoms with Crippen molar-refractivity contribution < 1.29 is 4.79 Å². The van der Waals surface area contributed by atoms with Crippen LogP contribution in [-0.4, -0.2) is 18.7 Å². The van der Waals surface area contributed by atoms with Crippen LogP contribution in [-0.2, 0) is 4.79 Å². The lowest BCUT2D eigenvalue weighted by Crippen LogP contribution is -2.24. The van der Waals surface area contributed by atoms with Gasteiger partial charge in [0.15, 0.2) is 0 Å². The highest BCUT2D eigenvalue weighted by molar-refractivity contribution is 5.80. The van der Waals surface area contributed by atoms with E-state index in [4.69, 9.17) is 0 Å². The fourth-order valence-corrected chi connectivity index (χ4v) is 1.11. The summed E-state index contributed by atoms with van der Waals surface area (Å²) in [7, 11) is 0. The van der Waals surface area contributed by atoms with E-state index in [1.165, 1.54) is 6.20 Å². The van der Waals surface area contributed by atoms with Crippen molar-refractivity contribution in [1.29, 1.82) is 0 Å². The summed E-state index contributed by atoms with van der Waals surface area (Å²) >= 11 is 0. The van der Waals surface area contributed by atoms with Gasteiger partial charge < -0.3 is 5.32 Å². The van der Waals surface area contributed by atoms with Gasteiger partial charge >= 0.3 is 0 Å². The van der Waals surface area contributed by atoms with E-state index in [0.29, 0.717) is 13.0 Å². The molecule has 0 saturated carbocycles. The number of allylic oxidation sites excluding steroid dienone is 1. The molecule has 0 bridgehead atoms. The van der Waals surface area contributed by atoms with E-state index in [1.54, 1.807) is 6.21 Å². The fraction of sp³-hybridized carbons (Fsp3) is 0.385. The van der Waals surface area contributed by atoms with Crippen molar-refractivity contribution in [2.24, 2.45) is 4.99 Å². The van der Waals surface area contributed by atoms with Crippen molar-refractivity contribution in [3.63, 3.8) is 0 Å². The Morgan fingerprint density at radius 1 is 1.50 bits per heavy atom. The van der Waals surface area contributed by atoms with Crippen LogP contribution in [0.2, 0.25) is 0 Å². The highest BCUT2D eigenvalue weighted by Crippen LogP contribution is 1.98. The van der Waals surface area contributed by atoms with Gasteiger partial charge in [-0.15, -0.1) is 0 Å². The van der Waals surface area contributed by atoms with Crippen molar-refractivity contribution in [3.05, 3.63) is 36.6 Å². The minimum absolute atomic E-state index is 0.0172. The Morgan fingerprint density at radius 2 is 2.19 bits per heavy atom. The van der Waals surface area contributed by atoms with Crippen LogP contribution in [0.1, 0.15) is 26.7 Å². The lowest BCUT2D eigenvalue weighted by Gasteiger charge is -2.05. The van der Waals surface area contributed by atoms with E-state index >= 15 is 0 Å². The average Bonchev–Trinajstić information content (AvgIpc) is 2.22. The summed E-state index contributed by atoms with van der Waals surface area (Å²) in [5, 5.41) is 2.83. The van der Waals surface area contributed by atoms with Crippen molar-refractivity contribution in [2.75, 3.05) is 6.54 Å². The molecule has 88 valence electrons. The maximum Gasteiger partial charge on any atom is 0.224 e. The quantitative estimate of drug-likeness (QED) is 0.520. The van der Waals surface area contributed by atoms with Gasteiger partial charge in [-0.2, -0.15) is 0 Å². The molecule has 3 nitrogen and oxygen atoms in total. The molecule has 0 aliphatic carbocycles. The molecule has 0 aromatic rings. The summed E-state index contributed by atoms with van der Waals surface area (Å²) in [4.78, 5) is 15.2. The molecular weight excluding hydrogens is 200 g/mol. The van der Waals surface area contributed by atoms with Gasteiger partial charge in [-0.05, 0) is 25.8 Å². The number of carbonyl (C=O) groups is 1. The molecule has 3 heteroatoms. The summed E-state index contributed by atoms with van der Waals surface area (Å²) in [6, 6.07) is 0. The molecule has 1 N–H and O–H groups in total. The van der Waals surface area contributed by atoms with Gasteiger partial charge in [-0.3, -0.25) is 9.79 Å². The molecule has 16 heavy (non-hydrogen) atoms. The van der Waals surface area contributed by atoms with E-state index in [2.05, 4.69) is 23.5 Å². The van der Waals surface area contributed by atoms with Crippen LogP contribution >= 0.6 is 0 Å². The van der Waals surface area contributed by atoms with E-state index in [-0.39, 0.29) is 5.91 Å². The van der Waals surface area contributed by atoms with Crippen LogP contribution in [0.4, 0.5) is 0 Å². The Bertz CT molecular complexity index is 314. The number of carbonyl (C=O) groups excluding carboxylic acids is 1. The first-order valence-electron chi connectivity index (χ1n) is 5.30. The molecule has 0 fully saturated rings. The SMILES string of the molecule is C=CN=C/C(=C\C)CCNC(=O)CC(=C)C. The molecule has 0 aliphatic heterocycles. The molecule has 0 aromatic heterocycles. The number of nitrogens with zero attached hydrogens (tertiary/aromatic N) is 1. The third kappa shape index (κ3) is 7.74. The van der Waals surface area contributed by atoms with Gasteiger partial charge in [0, 0.05) is 25.4 Å². The standard InChI is InChI=1S/C13H20N2O/c1-5-12(10-14-6-2)7-8-15-13(16)9-11(3)4/h5-6,10H,2-3,7-9H2,1,4H3,(H,15,16)/b12-5-,14-10?. The molecule has 0 heterocycles. The summed E-state index contributed by atoms with van der Waals surface area (Å²) in [5.74, 6) is 0.0172. The summed E-state index contributed by atoms with van der Waals surface area (Å²) in [6.45, 7) is 11.6. The van der Waals surface area contributed by atoms with E-state index in [1.807, 2.05) is 19.9 Å². The van der Waals surface area contributed by atoms with E-state index in [0.717, 1.165) is 17.6 Å². The first-order valence-corrected chi connectivity index (χ1v) is 5.30. The summed E-state index contributed by atoms with van der Waals surface area (Å²) in [6.07, 6.45) is 6.38. The molecule has 0 radical (unpaired) electrons. The number of amides is 1. The third-order valence-electron chi connectivity index (χ3n) is 1.91. The van der Waals surface area contributed by atoms with E-state index in [9.17, 15) is 4.79 Å². The number of aliphatic imine (C=N–C) groups is 1. The highest BCUT2D eigenvalue weighted by Gasteiger charge is 2.00. The zero-order valence-electron chi connectivity index (χ0n) is 10.1. The van der Waals surface area contributed by atoms with Crippen LogP contribution in [0, 0.1) is 0 Å². The Labute approximate surface area is 97.7 Å². The molecule has 0 atom stereocenters. The van der Waals surface area contributed by atoms with Gasteiger partial charge in [0.05, 0.1) is 0 Å². The molecule has 0 aromatic carbocycles. The second-order valence-electron chi connectivity index (χ2n) is 3.56. The van der Waals surface area contributed by atoms with Crippen LogP contribution in [0.3, 0.4) is 0 Å². The maximum absolute atomic E-state index is 11.3. The second-order valence-corrected chi connectivity index (χ2v) is 3.56. The number of rotatable bonds is 7. The normalized spacial score (nSPS) is 11.5. The van der Waals surface area contributed by atoms with E-state index < -0.39 is 0 Å². The first kappa shape index (κ1) is 14.4. The van der Waals surface area contributed by atoms with Crippen LogP contribution in [0.25, 0.3) is 0 Å². The van der Waals surface area contributed by atoms with Crippen molar-refractivity contribution in [1.82, 2.24) is 5.32 Å². The molecule has 0 spiro atoms. The topological polar surface area (TPSA) is 41.5 Å². The molecule has 1 amide bonds. The monoisotopic (exact) mass is 220 g/mol. The summed E-state index contributed by atoms with van der Waals surface area (Å²) in [5.41, 5.74) is 1.95.